The summed E-state index contributed by atoms with van der Waals surface area (Å²) in [4.78, 5) is 0.997. The van der Waals surface area contributed by atoms with Crippen molar-refractivity contribution in [2.45, 2.75) is 12.1 Å². The van der Waals surface area contributed by atoms with Crippen LogP contribution < -0.4 is 4.90 Å². The van der Waals surface area contributed by atoms with Crippen molar-refractivity contribution < 1.29 is 17.6 Å². The van der Waals surface area contributed by atoms with E-state index in [1.807, 2.05) is 0 Å². The highest BCUT2D eigenvalue weighted by atomic mass is 35.5. The van der Waals surface area contributed by atoms with Crippen LogP contribution in [-0.2, 0) is 5.88 Å². The summed E-state index contributed by atoms with van der Waals surface area (Å²) in [6.07, 6.45) is -4.30. The maximum absolute atomic E-state index is 12.8. The van der Waals surface area contributed by atoms with E-state index in [-0.39, 0.29) is 11.6 Å². The molecule has 0 aliphatic heterocycles. The Balaban J connectivity index is 2.94. The van der Waals surface area contributed by atoms with Crippen molar-refractivity contribution >= 4 is 17.3 Å². The fourth-order valence-electron chi connectivity index (χ4n) is 1.39. The molecule has 0 amide bonds. The fourth-order valence-corrected chi connectivity index (χ4v) is 1.60. The zero-order chi connectivity index (χ0) is 12.3. The molecule has 0 spiro atoms. The van der Waals surface area contributed by atoms with Crippen LogP contribution in [0.1, 0.15) is 5.56 Å². The van der Waals surface area contributed by atoms with Gasteiger partial charge in [0.15, 0.2) is 0 Å². The Labute approximate surface area is 95.6 Å². The number of rotatable bonds is 3. The second-order valence-electron chi connectivity index (χ2n) is 3.38. The molecule has 1 aromatic rings. The van der Waals surface area contributed by atoms with Crippen LogP contribution in [0.5, 0.6) is 0 Å². The van der Waals surface area contributed by atoms with Crippen molar-refractivity contribution in [1.82, 2.24) is 0 Å². The van der Waals surface area contributed by atoms with Crippen molar-refractivity contribution in [2.75, 3.05) is 18.5 Å². The number of anilines is 1. The van der Waals surface area contributed by atoms with Gasteiger partial charge >= 0.3 is 6.18 Å². The van der Waals surface area contributed by atoms with Crippen LogP contribution in [0.2, 0.25) is 0 Å². The molecule has 16 heavy (non-hydrogen) atoms. The van der Waals surface area contributed by atoms with Crippen molar-refractivity contribution in [3.63, 3.8) is 0 Å². The van der Waals surface area contributed by atoms with Crippen LogP contribution in [-0.4, -0.2) is 19.8 Å². The number of halogens is 5. The van der Waals surface area contributed by atoms with Gasteiger partial charge in [-0.15, -0.1) is 11.6 Å². The van der Waals surface area contributed by atoms with Crippen molar-refractivity contribution in [3.8, 4) is 0 Å². The zero-order valence-corrected chi connectivity index (χ0v) is 9.24. The summed E-state index contributed by atoms with van der Waals surface area (Å²) in [5.41, 5.74) is 0.627. The van der Waals surface area contributed by atoms with Gasteiger partial charge in [0.1, 0.15) is 12.4 Å². The van der Waals surface area contributed by atoms with E-state index in [1.54, 1.807) is 0 Å². The second-order valence-corrected chi connectivity index (χ2v) is 3.65. The minimum Gasteiger partial charge on any atom is -0.365 e. The van der Waals surface area contributed by atoms with Crippen LogP contribution in [0.4, 0.5) is 23.2 Å². The lowest BCUT2D eigenvalue weighted by molar-refractivity contribution is -0.119. The Bertz CT molecular complexity index is 364. The van der Waals surface area contributed by atoms with E-state index in [2.05, 4.69) is 0 Å². The largest absolute Gasteiger partial charge is 0.405 e. The summed E-state index contributed by atoms with van der Waals surface area (Å²) in [5.74, 6) is -0.547. The van der Waals surface area contributed by atoms with Crippen LogP contribution >= 0.6 is 11.6 Å². The third-order valence-electron chi connectivity index (χ3n) is 2.01. The van der Waals surface area contributed by atoms with Gasteiger partial charge in [0.05, 0.1) is 0 Å². The summed E-state index contributed by atoms with van der Waals surface area (Å²) in [6.45, 7) is -1.09. The lowest BCUT2D eigenvalue weighted by atomic mass is 10.2. The Hall–Kier alpha value is -0.970. The summed E-state index contributed by atoms with van der Waals surface area (Å²) < 4.78 is 49.3. The Morgan fingerprint density at radius 2 is 1.94 bits per heavy atom. The van der Waals surface area contributed by atoms with E-state index < -0.39 is 18.5 Å². The molecule has 0 unspecified atom stereocenters. The van der Waals surface area contributed by atoms with E-state index in [4.69, 9.17) is 11.6 Å². The minimum absolute atomic E-state index is 0.0324. The maximum atomic E-state index is 12.8. The molecule has 1 aromatic carbocycles. The zero-order valence-electron chi connectivity index (χ0n) is 8.48. The van der Waals surface area contributed by atoms with Crippen LogP contribution in [0.15, 0.2) is 18.2 Å². The molecule has 0 saturated heterocycles. The van der Waals surface area contributed by atoms with Gasteiger partial charge in [-0.05, 0) is 23.8 Å². The van der Waals surface area contributed by atoms with Gasteiger partial charge in [0.25, 0.3) is 0 Å². The standard InChI is InChI=1S/C10H10ClF4N/c1-16(6-10(13,14)15)9-3-2-8(12)4-7(9)5-11/h2-4H,5-6H2,1H3. The molecule has 0 heterocycles. The lowest BCUT2D eigenvalue weighted by Crippen LogP contribution is -2.31. The molecule has 1 nitrogen and oxygen atoms in total. The van der Waals surface area contributed by atoms with Gasteiger partial charge in [0, 0.05) is 18.6 Å². The second kappa shape index (κ2) is 4.91. The van der Waals surface area contributed by atoms with E-state index in [0.717, 1.165) is 17.0 Å². The molecule has 90 valence electrons. The topological polar surface area (TPSA) is 3.24 Å². The third kappa shape index (κ3) is 3.56. The van der Waals surface area contributed by atoms with Gasteiger partial charge in [-0.3, -0.25) is 0 Å². The molecule has 0 aliphatic carbocycles. The number of benzene rings is 1. The molecule has 0 saturated carbocycles. The highest BCUT2D eigenvalue weighted by Crippen LogP contribution is 2.25. The Kier molecular flexibility index (Phi) is 4.02. The summed E-state index contributed by atoms with van der Waals surface area (Å²) in [7, 11) is 1.29. The van der Waals surface area contributed by atoms with Crippen molar-refractivity contribution in [2.24, 2.45) is 0 Å². The van der Waals surface area contributed by atoms with Crippen molar-refractivity contribution in [3.05, 3.63) is 29.6 Å². The molecular weight excluding hydrogens is 246 g/mol. The normalized spacial score (nSPS) is 11.6. The molecule has 0 bridgehead atoms. The first kappa shape index (κ1) is 13.1. The maximum Gasteiger partial charge on any atom is 0.405 e. The average molecular weight is 256 g/mol. The SMILES string of the molecule is CN(CC(F)(F)F)c1ccc(F)cc1CCl. The van der Waals surface area contributed by atoms with Gasteiger partial charge in [0.2, 0.25) is 0 Å². The molecule has 0 aliphatic rings. The van der Waals surface area contributed by atoms with Gasteiger partial charge in [-0.2, -0.15) is 13.2 Å². The van der Waals surface area contributed by atoms with E-state index in [9.17, 15) is 17.6 Å². The smallest absolute Gasteiger partial charge is 0.365 e. The fraction of sp³-hybridized carbons (Fsp3) is 0.400. The number of hydrogen-bond donors (Lipinski definition) is 0. The molecule has 1 rings (SSSR count). The first-order chi connectivity index (χ1) is 7.33. The average Bonchev–Trinajstić information content (AvgIpc) is 2.14. The predicted molar refractivity (Wildman–Crippen MR) is 55.3 cm³/mol. The van der Waals surface area contributed by atoms with Gasteiger partial charge in [-0.1, -0.05) is 0 Å². The Morgan fingerprint density at radius 3 is 2.44 bits per heavy atom. The highest BCUT2D eigenvalue weighted by Gasteiger charge is 2.29. The summed E-state index contributed by atoms with van der Waals surface area (Å²) in [5, 5.41) is 0. The predicted octanol–water partition coefficient (Wildman–Crippen LogP) is 3.56. The summed E-state index contributed by atoms with van der Waals surface area (Å²) in [6, 6.07) is 3.53. The first-order valence-electron chi connectivity index (χ1n) is 4.46. The quantitative estimate of drug-likeness (QED) is 0.590. The van der Waals surface area contributed by atoms with Crippen molar-refractivity contribution in [1.29, 1.82) is 0 Å². The van der Waals surface area contributed by atoms with Gasteiger partial charge in [-0.25, -0.2) is 4.39 Å². The van der Waals surface area contributed by atoms with Crippen LogP contribution in [0.25, 0.3) is 0 Å². The highest BCUT2D eigenvalue weighted by molar-refractivity contribution is 6.17. The van der Waals surface area contributed by atoms with Crippen LogP contribution in [0.3, 0.4) is 0 Å². The molecule has 0 N–H and O–H groups in total. The van der Waals surface area contributed by atoms with E-state index in [0.29, 0.717) is 5.56 Å². The molecular formula is C10H10ClF4N. The molecule has 0 fully saturated rings. The van der Waals surface area contributed by atoms with Gasteiger partial charge < -0.3 is 4.90 Å². The third-order valence-corrected chi connectivity index (χ3v) is 2.30. The molecule has 6 heteroatoms. The first-order valence-corrected chi connectivity index (χ1v) is 4.99. The van der Waals surface area contributed by atoms with E-state index >= 15 is 0 Å². The monoisotopic (exact) mass is 255 g/mol. The number of alkyl halides is 4. The number of hydrogen-bond acceptors (Lipinski definition) is 1. The van der Waals surface area contributed by atoms with Crippen LogP contribution in [0, 0.1) is 5.82 Å². The number of nitrogens with zero attached hydrogens (tertiary/aromatic N) is 1. The molecule has 0 radical (unpaired) electrons. The molecule has 0 aromatic heterocycles. The summed E-state index contributed by atoms with van der Waals surface area (Å²) >= 11 is 5.54. The minimum atomic E-state index is -4.30. The Morgan fingerprint density at radius 1 is 1.31 bits per heavy atom. The lowest BCUT2D eigenvalue weighted by Gasteiger charge is -2.23. The molecule has 0 atom stereocenters. The van der Waals surface area contributed by atoms with E-state index in [1.165, 1.54) is 13.1 Å².